The summed E-state index contributed by atoms with van der Waals surface area (Å²) < 4.78 is 4.76. The second kappa shape index (κ2) is 6.19. The summed E-state index contributed by atoms with van der Waals surface area (Å²) >= 11 is 0. The van der Waals surface area contributed by atoms with E-state index >= 15 is 0 Å². The number of hydrogen-bond acceptors (Lipinski definition) is 3. The van der Waals surface area contributed by atoms with E-state index in [2.05, 4.69) is 20.8 Å². The molecule has 15 heavy (non-hydrogen) atoms. The molecule has 0 atom stereocenters. The molecule has 0 heterocycles. The molecule has 0 unspecified atom stereocenters. The van der Waals surface area contributed by atoms with Crippen molar-refractivity contribution in [3.05, 3.63) is 29.8 Å². The van der Waals surface area contributed by atoms with E-state index in [1.54, 1.807) is 12.1 Å². The molecule has 0 aliphatic heterocycles. The Morgan fingerprint density at radius 2 is 1.53 bits per heavy atom. The van der Waals surface area contributed by atoms with Crippen LogP contribution in [-0.2, 0) is 5.41 Å². The first kappa shape index (κ1) is 15.4. The molecule has 3 nitrogen and oxygen atoms in total. The second-order valence-corrected chi connectivity index (χ2v) is 4.81. The molecule has 0 bridgehead atoms. The first-order chi connectivity index (χ1) is 6.39. The number of rotatable bonds is 2. The van der Waals surface area contributed by atoms with E-state index < -0.39 is 8.60 Å². The zero-order chi connectivity index (χ0) is 10.8. The van der Waals surface area contributed by atoms with E-state index in [1.807, 2.05) is 12.1 Å². The fraction of sp³-hybridized carbons (Fsp3) is 0.400. The Labute approximate surface area is 114 Å². The molecule has 5 heteroatoms. The summed E-state index contributed by atoms with van der Waals surface area (Å²) in [5.41, 5.74) is 1.28. The molecule has 0 saturated heterocycles. The van der Waals surface area contributed by atoms with Gasteiger partial charge >= 0.3 is 38.2 Å². The average Bonchev–Trinajstić information content (AvgIpc) is 2.02. The first-order valence-corrected chi connectivity index (χ1v) is 5.52. The maximum absolute atomic E-state index is 8.63. The third-order valence-electron chi connectivity index (χ3n) is 1.91. The molecule has 2 N–H and O–H groups in total. The van der Waals surface area contributed by atoms with Crippen LogP contribution in [0.3, 0.4) is 0 Å². The normalized spacial score (nSPS) is 11.1. The third kappa shape index (κ3) is 5.30. The van der Waals surface area contributed by atoms with Gasteiger partial charge in [0.1, 0.15) is 5.75 Å². The Balaban J connectivity index is 0.00000196. The summed E-state index contributed by atoms with van der Waals surface area (Å²) in [5.74, 6) is 0.481. The van der Waals surface area contributed by atoms with E-state index in [9.17, 15) is 0 Å². The molecule has 0 aromatic heterocycles. The number of benzene rings is 1. The van der Waals surface area contributed by atoms with Crippen molar-refractivity contribution in [1.29, 1.82) is 0 Å². The van der Waals surface area contributed by atoms with Crippen LogP contribution in [0, 0.1) is 0 Å². The summed E-state index contributed by atoms with van der Waals surface area (Å²) in [6.45, 7) is 6.36. The minimum absolute atomic E-state index is 0. The summed E-state index contributed by atoms with van der Waals surface area (Å²) in [6.07, 6.45) is 0. The van der Waals surface area contributed by atoms with Crippen molar-refractivity contribution in [2.45, 2.75) is 26.2 Å². The molecule has 1 aromatic carbocycles. The third-order valence-corrected chi connectivity index (χ3v) is 2.28. The van der Waals surface area contributed by atoms with E-state index in [1.165, 1.54) is 5.56 Å². The van der Waals surface area contributed by atoms with Gasteiger partial charge in [-0.1, -0.05) is 32.9 Å². The van der Waals surface area contributed by atoms with Gasteiger partial charge in [0.05, 0.1) is 0 Å². The fourth-order valence-corrected chi connectivity index (χ4v) is 1.42. The van der Waals surface area contributed by atoms with Gasteiger partial charge in [-0.2, -0.15) is 0 Å². The molecule has 1 rings (SSSR count). The second-order valence-electron chi connectivity index (χ2n) is 4.12. The van der Waals surface area contributed by atoms with Crippen LogP contribution >= 0.6 is 8.60 Å². The van der Waals surface area contributed by atoms with Crippen LogP contribution in [-0.4, -0.2) is 39.3 Å². The molecule has 0 fully saturated rings. The molecule has 0 saturated carbocycles. The van der Waals surface area contributed by atoms with Crippen molar-refractivity contribution in [3.8, 4) is 5.75 Å². The average molecular weight is 238 g/mol. The maximum atomic E-state index is 8.63. The minimum atomic E-state index is -2.31. The van der Waals surface area contributed by atoms with Crippen LogP contribution in [0.15, 0.2) is 24.3 Å². The number of hydrogen-bond donors (Lipinski definition) is 2. The van der Waals surface area contributed by atoms with Crippen molar-refractivity contribution in [2.24, 2.45) is 0 Å². The molecule has 0 radical (unpaired) electrons. The predicted octanol–water partition coefficient (Wildman–Crippen LogP) is 1.93. The van der Waals surface area contributed by atoms with Gasteiger partial charge in [-0.3, -0.25) is 0 Å². The van der Waals surface area contributed by atoms with Gasteiger partial charge in [0, 0.05) is 0 Å². The van der Waals surface area contributed by atoms with Crippen LogP contribution < -0.4 is 4.52 Å². The van der Waals surface area contributed by atoms with Gasteiger partial charge in [-0.25, -0.2) is 0 Å². The molecular weight excluding hydrogens is 222 g/mol. The molecule has 1 aromatic rings. The molecule has 0 aliphatic rings. The molecule has 0 spiro atoms. The van der Waals surface area contributed by atoms with Crippen LogP contribution in [0.1, 0.15) is 26.3 Å². The van der Waals surface area contributed by atoms with Crippen LogP contribution in [0.25, 0.3) is 0 Å². The molecule has 0 amide bonds. The van der Waals surface area contributed by atoms with Crippen molar-refractivity contribution in [1.82, 2.24) is 0 Å². The van der Waals surface area contributed by atoms with Gasteiger partial charge in [-0.15, -0.1) is 0 Å². The Kier molecular flexibility index (Phi) is 6.34. The SMILES string of the molecule is CC(C)(C)c1ccc(OP(O)O)cc1.[NaH]. The van der Waals surface area contributed by atoms with Gasteiger partial charge < -0.3 is 14.3 Å². The molecule has 80 valence electrons. The van der Waals surface area contributed by atoms with E-state index in [0.717, 1.165) is 0 Å². The summed E-state index contributed by atoms with van der Waals surface area (Å²) in [5, 5.41) is 0. The summed E-state index contributed by atoms with van der Waals surface area (Å²) in [4.78, 5) is 17.3. The van der Waals surface area contributed by atoms with Crippen molar-refractivity contribution < 1.29 is 14.3 Å². The van der Waals surface area contributed by atoms with Gasteiger partial charge in [0.2, 0.25) is 0 Å². The zero-order valence-electron chi connectivity index (χ0n) is 8.56. The standard InChI is InChI=1S/C10H15O3P.Na.H/c1-10(2,3)8-4-6-9(7-5-8)13-14(11)12;;/h4-7,11-12H,1-3H3;;. The first-order valence-electron chi connectivity index (χ1n) is 4.36. The van der Waals surface area contributed by atoms with Crippen LogP contribution in [0.2, 0.25) is 0 Å². The Hall–Kier alpha value is 0.370. The topological polar surface area (TPSA) is 49.7 Å². The summed E-state index contributed by atoms with van der Waals surface area (Å²) in [6, 6.07) is 7.33. The van der Waals surface area contributed by atoms with E-state index in [0.29, 0.717) is 5.75 Å². The van der Waals surface area contributed by atoms with Gasteiger partial charge in [0.15, 0.2) is 0 Å². The van der Waals surface area contributed by atoms with Crippen molar-refractivity contribution >= 4 is 38.2 Å². The monoisotopic (exact) mass is 238 g/mol. The van der Waals surface area contributed by atoms with Crippen molar-refractivity contribution in [2.75, 3.05) is 0 Å². The van der Waals surface area contributed by atoms with Crippen LogP contribution in [0.5, 0.6) is 5.75 Å². The fourth-order valence-electron chi connectivity index (χ4n) is 1.11. The Morgan fingerprint density at radius 3 is 1.87 bits per heavy atom. The van der Waals surface area contributed by atoms with Crippen molar-refractivity contribution in [3.63, 3.8) is 0 Å². The van der Waals surface area contributed by atoms with Gasteiger partial charge in [0.25, 0.3) is 0 Å². The predicted molar refractivity (Wildman–Crippen MR) is 64.3 cm³/mol. The van der Waals surface area contributed by atoms with Gasteiger partial charge in [-0.05, 0) is 23.1 Å². The quantitative estimate of drug-likeness (QED) is 0.611. The Bertz CT molecular complexity index is 293. The van der Waals surface area contributed by atoms with E-state index in [-0.39, 0.29) is 35.0 Å². The molecular formula is C10H16NaO3P. The summed E-state index contributed by atoms with van der Waals surface area (Å²) in [7, 11) is -2.31. The van der Waals surface area contributed by atoms with Crippen LogP contribution in [0.4, 0.5) is 0 Å². The molecule has 0 aliphatic carbocycles. The Morgan fingerprint density at radius 1 is 1.07 bits per heavy atom. The zero-order valence-corrected chi connectivity index (χ0v) is 9.45. The van der Waals surface area contributed by atoms with E-state index in [4.69, 9.17) is 14.3 Å².